The van der Waals surface area contributed by atoms with Gasteiger partial charge in [-0.25, -0.2) is 4.98 Å². The normalized spacial score (nSPS) is 15.8. The van der Waals surface area contributed by atoms with Gasteiger partial charge in [-0.2, -0.15) is 4.98 Å². The molecular formula is C22H27N5O3S2. The van der Waals surface area contributed by atoms with Gasteiger partial charge in [0.05, 0.1) is 10.6 Å². The first-order valence-electron chi connectivity index (χ1n) is 10.9. The fraction of sp³-hybridized carbons (Fsp3) is 0.500. The topological polar surface area (TPSA) is 110 Å². The third-order valence-corrected chi connectivity index (χ3v) is 7.36. The van der Waals surface area contributed by atoms with Gasteiger partial charge in [0, 0.05) is 30.0 Å². The van der Waals surface area contributed by atoms with Crippen LogP contribution in [0.15, 0.2) is 22.0 Å². The number of aryl methyl sites for hydroxylation is 2. The molecule has 3 aromatic rings. The largest absolute Gasteiger partial charge is 0.343 e. The van der Waals surface area contributed by atoms with Crippen molar-refractivity contribution in [3.63, 3.8) is 0 Å². The van der Waals surface area contributed by atoms with Crippen LogP contribution >= 0.6 is 22.7 Å². The SMILES string of the molecule is CC(=O)NC1(c2noc(CCC(=O)Nc3nc(-c4ccc(C)s4)cs3)n2)CCCCCC1. The molecule has 0 aliphatic heterocycles. The molecule has 32 heavy (non-hydrogen) atoms. The Balaban J connectivity index is 1.36. The van der Waals surface area contributed by atoms with Gasteiger partial charge in [-0.15, -0.1) is 22.7 Å². The Morgan fingerprint density at radius 2 is 1.94 bits per heavy atom. The van der Waals surface area contributed by atoms with E-state index < -0.39 is 5.54 Å². The van der Waals surface area contributed by atoms with Crippen molar-refractivity contribution in [1.82, 2.24) is 20.4 Å². The van der Waals surface area contributed by atoms with Crippen molar-refractivity contribution in [3.05, 3.63) is 34.1 Å². The van der Waals surface area contributed by atoms with E-state index in [2.05, 4.69) is 38.7 Å². The Kier molecular flexibility index (Phi) is 7.00. The zero-order valence-electron chi connectivity index (χ0n) is 18.3. The number of carbonyl (C=O) groups is 2. The zero-order chi connectivity index (χ0) is 22.6. The number of thiazole rings is 1. The highest BCUT2D eigenvalue weighted by Gasteiger charge is 2.38. The highest BCUT2D eigenvalue weighted by molar-refractivity contribution is 7.17. The molecule has 0 radical (unpaired) electrons. The predicted octanol–water partition coefficient (Wildman–Crippen LogP) is 4.82. The summed E-state index contributed by atoms with van der Waals surface area (Å²) in [6.45, 7) is 3.57. The summed E-state index contributed by atoms with van der Waals surface area (Å²) in [6, 6.07) is 4.09. The Morgan fingerprint density at radius 1 is 1.16 bits per heavy atom. The van der Waals surface area contributed by atoms with Gasteiger partial charge in [-0.1, -0.05) is 30.8 Å². The maximum absolute atomic E-state index is 12.4. The number of hydrogen-bond donors (Lipinski definition) is 2. The van der Waals surface area contributed by atoms with Crippen LogP contribution in [0.5, 0.6) is 0 Å². The molecule has 0 bridgehead atoms. The minimum atomic E-state index is -0.580. The van der Waals surface area contributed by atoms with E-state index in [-0.39, 0.29) is 18.2 Å². The highest BCUT2D eigenvalue weighted by Crippen LogP contribution is 2.35. The summed E-state index contributed by atoms with van der Waals surface area (Å²) >= 11 is 3.08. The molecule has 1 saturated carbocycles. The Morgan fingerprint density at radius 3 is 2.62 bits per heavy atom. The Labute approximate surface area is 194 Å². The molecular weight excluding hydrogens is 446 g/mol. The molecule has 3 aromatic heterocycles. The van der Waals surface area contributed by atoms with Gasteiger partial charge in [-0.05, 0) is 31.9 Å². The summed E-state index contributed by atoms with van der Waals surface area (Å²) in [5, 5.41) is 12.6. The van der Waals surface area contributed by atoms with Crippen LogP contribution in [-0.2, 0) is 21.5 Å². The van der Waals surface area contributed by atoms with E-state index in [4.69, 9.17) is 4.52 Å². The van der Waals surface area contributed by atoms with Crippen molar-refractivity contribution in [3.8, 4) is 10.6 Å². The lowest BCUT2D eigenvalue weighted by atomic mass is 9.89. The molecule has 4 rings (SSSR count). The number of nitrogens with one attached hydrogen (secondary N) is 2. The van der Waals surface area contributed by atoms with Crippen LogP contribution in [0, 0.1) is 6.92 Å². The predicted molar refractivity (Wildman–Crippen MR) is 125 cm³/mol. The standard InChI is InChI=1S/C22H27N5O3S2/c1-14-7-8-17(32-14)16-13-31-21(23-16)24-18(29)9-10-19-25-20(27-30-19)22(26-15(2)28)11-5-3-4-6-12-22/h7-8,13H,3-6,9-12H2,1-2H3,(H,26,28)(H,23,24,29). The number of aromatic nitrogens is 3. The molecule has 8 nitrogen and oxygen atoms in total. The molecule has 0 spiro atoms. The Bertz CT molecular complexity index is 1080. The average Bonchev–Trinajstić information content (AvgIpc) is 3.47. The minimum absolute atomic E-state index is 0.0989. The smallest absolute Gasteiger partial charge is 0.227 e. The van der Waals surface area contributed by atoms with E-state index in [0.717, 1.165) is 49.1 Å². The number of nitrogens with zero attached hydrogens (tertiary/aromatic N) is 3. The molecule has 3 heterocycles. The van der Waals surface area contributed by atoms with Crippen LogP contribution < -0.4 is 10.6 Å². The summed E-state index contributed by atoms with van der Waals surface area (Å²) < 4.78 is 5.43. The van der Waals surface area contributed by atoms with Crippen LogP contribution in [0.4, 0.5) is 5.13 Å². The van der Waals surface area contributed by atoms with E-state index in [1.165, 1.54) is 23.1 Å². The third-order valence-electron chi connectivity index (χ3n) is 5.58. The summed E-state index contributed by atoms with van der Waals surface area (Å²) in [7, 11) is 0. The first-order chi connectivity index (χ1) is 15.4. The summed E-state index contributed by atoms with van der Waals surface area (Å²) in [4.78, 5) is 35.6. The second-order valence-corrected chi connectivity index (χ2v) is 10.3. The highest BCUT2D eigenvalue weighted by atomic mass is 32.1. The number of rotatable bonds is 7. The maximum Gasteiger partial charge on any atom is 0.227 e. The van der Waals surface area contributed by atoms with Crippen LogP contribution in [0.1, 0.15) is 68.5 Å². The van der Waals surface area contributed by atoms with Crippen LogP contribution in [0.3, 0.4) is 0 Å². The molecule has 1 aliphatic rings. The van der Waals surface area contributed by atoms with Gasteiger partial charge in [-0.3, -0.25) is 9.59 Å². The molecule has 1 fully saturated rings. The third kappa shape index (κ3) is 5.42. The quantitative estimate of drug-likeness (QED) is 0.476. The van der Waals surface area contributed by atoms with Gasteiger partial charge < -0.3 is 15.2 Å². The molecule has 1 aliphatic carbocycles. The number of amides is 2. The lowest BCUT2D eigenvalue weighted by Crippen LogP contribution is -2.45. The van der Waals surface area contributed by atoms with Gasteiger partial charge in [0.1, 0.15) is 5.54 Å². The van der Waals surface area contributed by atoms with Crippen molar-refractivity contribution in [2.45, 2.75) is 70.8 Å². The molecule has 0 unspecified atom stereocenters. The van der Waals surface area contributed by atoms with Crippen molar-refractivity contribution in [2.75, 3.05) is 5.32 Å². The van der Waals surface area contributed by atoms with Gasteiger partial charge in [0.15, 0.2) is 11.0 Å². The monoisotopic (exact) mass is 473 g/mol. The molecule has 10 heteroatoms. The number of thiophene rings is 1. The van der Waals surface area contributed by atoms with E-state index in [0.29, 0.717) is 23.3 Å². The van der Waals surface area contributed by atoms with Crippen LogP contribution in [-0.4, -0.2) is 26.9 Å². The molecule has 170 valence electrons. The first-order valence-corrected chi connectivity index (χ1v) is 12.6. The van der Waals surface area contributed by atoms with Crippen LogP contribution in [0.2, 0.25) is 0 Å². The number of carbonyl (C=O) groups excluding carboxylic acids is 2. The molecule has 2 amide bonds. The molecule has 0 aromatic carbocycles. The van der Waals surface area contributed by atoms with E-state index in [1.807, 2.05) is 11.4 Å². The fourth-order valence-corrected chi connectivity index (χ4v) is 5.67. The second-order valence-electron chi connectivity index (χ2n) is 8.19. The summed E-state index contributed by atoms with van der Waals surface area (Å²) in [5.41, 5.74) is 0.292. The molecule has 0 atom stereocenters. The number of anilines is 1. The van der Waals surface area contributed by atoms with Crippen molar-refractivity contribution in [2.24, 2.45) is 0 Å². The van der Waals surface area contributed by atoms with Crippen molar-refractivity contribution >= 4 is 39.6 Å². The second kappa shape index (κ2) is 9.91. The van der Waals surface area contributed by atoms with E-state index in [9.17, 15) is 9.59 Å². The molecule has 2 N–H and O–H groups in total. The minimum Gasteiger partial charge on any atom is -0.343 e. The van der Waals surface area contributed by atoms with E-state index >= 15 is 0 Å². The van der Waals surface area contributed by atoms with Crippen LogP contribution in [0.25, 0.3) is 10.6 Å². The fourth-order valence-electron chi connectivity index (χ4n) is 4.04. The lowest BCUT2D eigenvalue weighted by molar-refractivity contribution is -0.121. The maximum atomic E-state index is 12.4. The Hall–Kier alpha value is -2.59. The van der Waals surface area contributed by atoms with Crippen molar-refractivity contribution in [1.29, 1.82) is 0 Å². The van der Waals surface area contributed by atoms with Gasteiger partial charge >= 0.3 is 0 Å². The first kappa shape index (κ1) is 22.6. The summed E-state index contributed by atoms with van der Waals surface area (Å²) in [5.74, 6) is 0.663. The van der Waals surface area contributed by atoms with E-state index in [1.54, 1.807) is 11.3 Å². The molecule has 0 saturated heterocycles. The van der Waals surface area contributed by atoms with Gasteiger partial charge in [0.25, 0.3) is 0 Å². The summed E-state index contributed by atoms with van der Waals surface area (Å²) in [6.07, 6.45) is 6.41. The zero-order valence-corrected chi connectivity index (χ0v) is 19.9. The van der Waals surface area contributed by atoms with Gasteiger partial charge in [0.2, 0.25) is 17.7 Å². The average molecular weight is 474 g/mol. The number of hydrogen-bond acceptors (Lipinski definition) is 8. The van der Waals surface area contributed by atoms with Crippen molar-refractivity contribution < 1.29 is 14.1 Å². The lowest BCUT2D eigenvalue weighted by Gasteiger charge is -2.30.